The van der Waals surface area contributed by atoms with E-state index in [2.05, 4.69) is 15.5 Å². The Labute approximate surface area is 173 Å². The third-order valence-electron chi connectivity index (χ3n) is 4.69. The molecule has 1 aromatic heterocycles. The molecule has 0 saturated carbocycles. The highest BCUT2D eigenvalue weighted by atomic mass is 19.1. The van der Waals surface area contributed by atoms with E-state index in [4.69, 9.17) is 4.52 Å². The number of amides is 1. The Kier molecular flexibility index (Phi) is 5.94. The second-order valence-electron chi connectivity index (χ2n) is 6.84. The highest BCUT2D eigenvalue weighted by molar-refractivity contribution is 5.77. The van der Waals surface area contributed by atoms with Gasteiger partial charge in [-0.15, -0.1) is 0 Å². The molecule has 30 heavy (non-hydrogen) atoms. The fraction of sp³-hybridized carbons (Fsp3) is 0.125. The van der Waals surface area contributed by atoms with Crippen LogP contribution < -0.4 is 5.32 Å². The van der Waals surface area contributed by atoms with Crippen molar-refractivity contribution in [2.45, 2.75) is 18.9 Å². The summed E-state index contributed by atoms with van der Waals surface area (Å²) in [6.07, 6.45) is 0.491. The maximum Gasteiger partial charge on any atom is 0.227 e. The Morgan fingerprint density at radius 3 is 2.23 bits per heavy atom. The van der Waals surface area contributed by atoms with E-state index in [1.165, 1.54) is 12.1 Å². The number of aromatic nitrogens is 2. The van der Waals surface area contributed by atoms with Crippen molar-refractivity contribution in [3.63, 3.8) is 0 Å². The zero-order valence-corrected chi connectivity index (χ0v) is 16.2. The van der Waals surface area contributed by atoms with Crippen LogP contribution >= 0.6 is 0 Å². The van der Waals surface area contributed by atoms with Crippen molar-refractivity contribution in [1.82, 2.24) is 15.5 Å². The van der Waals surface area contributed by atoms with Gasteiger partial charge in [-0.3, -0.25) is 4.79 Å². The third kappa shape index (κ3) is 4.78. The number of aryl methyl sites for hydroxylation is 1. The quantitative estimate of drug-likeness (QED) is 0.487. The number of nitrogens with zero attached hydrogens (tertiary/aromatic N) is 2. The summed E-state index contributed by atoms with van der Waals surface area (Å²) in [5, 5.41) is 6.96. The van der Waals surface area contributed by atoms with Gasteiger partial charge >= 0.3 is 0 Å². The number of carbonyl (C=O) groups is 1. The Balaban J connectivity index is 1.42. The van der Waals surface area contributed by atoms with Gasteiger partial charge in [0.25, 0.3) is 0 Å². The van der Waals surface area contributed by atoms with Crippen LogP contribution in [0.4, 0.5) is 4.39 Å². The van der Waals surface area contributed by atoms with E-state index in [9.17, 15) is 9.18 Å². The van der Waals surface area contributed by atoms with Gasteiger partial charge in [0.05, 0.1) is 6.04 Å². The Morgan fingerprint density at radius 1 is 0.933 bits per heavy atom. The lowest BCUT2D eigenvalue weighted by Gasteiger charge is -2.19. The Morgan fingerprint density at radius 2 is 1.60 bits per heavy atom. The van der Waals surface area contributed by atoms with Gasteiger partial charge in [0, 0.05) is 18.4 Å². The molecule has 4 aromatic rings. The summed E-state index contributed by atoms with van der Waals surface area (Å²) in [4.78, 5) is 16.9. The predicted molar refractivity (Wildman–Crippen MR) is 111 cm³/mol. The van der Waals surface area contributed by atoms with E-state index in [0.29, 0.717) is 23.7 Å². The molecule has 150 valence electrons. The van der Waals surface area contributed by atoms with Crippen LogP contribution in [0, 0.1) is 5.82 Å². The second kappa shape index (κ2) is 9.13. The summed E-state index contributed by atoms with van der Waals surface area (Å²) in [6.45, 7) is 0. The van der Waals surface area contributed by atoms with Crippen LogP contribution in [0.25, 0.3) is 11.4 Å². The minimum absolute atomic E-state index is 0.127. The summed E-state index contributed by atoms with van der Waals surface area (Å²) in [5.74, 6) is 0.140. The average Bonchev–Trinajstić information content (AvgIpc) is 3.26. The van der Waals surface area contributed by atoms with Gasteiger partial charge in [0.2, 0.25) is 17.6 Å². The highest BCUT2D eigenvalue weighted by Gasteiger charge is 2.17. The smallest absolute Gasteiger partial charge is 0.227 e. The van der Waals surface area contributed by atoms with Crippen LogP contribution in [0.5, 0.6) is 0 Å². The summed E-state index contributed by atoms with van der Waals surface area (Å²) >= 11 is 0. The summed E-state index contributed by atoms with van der Waals surface area (Å²) in [5.41, 5.74) is 2.54. The minimum Gasteiger partial charge on any atom is -0.345 e. The Hall–Kier alpha value is -3.80. The lowest BCUT2D eigenvalue weighted by Crippen LogP contribution is -2.29. The molecule has 0 fully saturated rings. The molecular weight excluding hydrogens is 381 g/mol. The van der Waals surface area contributed by atoms with Gasteiger partial charge in [-0.2, -0.15) is 4.98 Å². The zero-order valence-electron chi connectivity index (χ0n) is 16.2. The fourth-order valence-electron chi connectivity index (χ4n) is 3.20. The minimum atomic E-state index is -0.369. The van der Waals surface area contributed by atoms with Crippen molar-refractivity contribution >= 4 is 5.91 Å². The normalized spacial score (nSPS) is 10.9. The highest BCUT2D eigenvalue weighted by Crippen LogP contribution is 2.22. The summed E-state index contributed by atoms with van der Waals surface area (Å²) in [6, 6.07) is 25.4. The molecule has 0 radical (unpaired) electrons. The van der Waals surface area contributed by atoms with Crippen molar-refractivity contribution in [3.05, 3.63) is 108 Å². The van der Waals surface area contributed by atoms with Crippen molar-refractivity contribution in [3.8, 4) is 11.4 Å². The molecule has 6 heteroatoms. The van der Waals surface area contributed by atoms with E-state index in [1.54, 1.807) is 12.1 Å². The SMILES string of the molecule is O=C(CCc1nc(-c2cccc(F)c2)no1)NC(c1ccccc1)c1ccccc1. The first kappa shape index (κ1) is 19.5. The van der Waals surface area contributed by atoms with E-state index in [1.807, 2.05) is 60.7 Å². The molecule has 0 aliphatic rings. The molecule has 0 aliphatic carbocycles. The molecule has 1 amide bonds. The number of nitrogens with one attached hydrogen (secondary N) is 1. The second-order valence-corrected chi connectivity index (χ2v) is 6.84. The van der Waals surface area contributed by atoms with Crippen LogP contribution in [0.3, 0.4) is 0 Å². The molecule has 3 aromatic carbocycles. The van der Waals surface area contributed by atoms with E-state index in [0.717, 1.165) is 11.1 Å². The number of benzene rings is 3. The van der Waals surface area contributed by atoms with Crippen molar-refractivity contribution in [2.75, 3.05) is 0 Å². The van der Waals surface area contributed by atoms with Gasteiger partial charge in [-0.1, -0.05) is 78.0 Å². The predicted octanol–water partition coefficient (Wildman–Crippen LogP) is 4.71. The standard InChI is InChI=1S/C24H20FN3O2/c25-20-13-7-12-19(16-20)24-27-22(30-28-24)15-14-21(29)26-23(17-8-3-1-4-9-17)18-10-5-2-6-11-18/h1-13,16,23H,14-15H2,(H,26,29). The molecule has 5 nitrogen and oxygen atoms in total. The van der Waals surface area contributed by atoms with E-state index >= 15 is 0 Å². The molecule has 4 rings (SSSR count). The number of carbonyl (C=O) groups excluding carboxylic acids is 1. The van der Waals surface area contributed by atoms with Crippen LogP contribution in [-0.4, -0.2) is 16.0 Å². The first-order valence-electron chi connectivity index (χ1n) is 9.67. The van der Waals surface area contributed by atoms with Crippen LogP contribution in [0.15, 0.2) is 89.5 Å². The van der Waals surface area contributed by atoms with E-state index < -0.39 is 0 Å². The summed E-state index contributed by atoms with van der Waals surface area (Å²) in [7, 11) is 0. The van der Waals surface area contributed by atoms with Crippen molar-refractivity contribution < 1.29 is 13.7 Å². The molecule has 1 heterocycles. The lowest BCUT2D eigenvalue weighted by atomic mass is 9.98. The van der Waals surface area contributed by atoms with Crippen LogP contribution in [0.2, 0.25) is 0 Å². The third-order valence-corrected chi connectivity index (χ3v) is 4.69. The van der Waals surface area contributed by atoms with E-state index in [-0.39, 0.29) is 24.2 Å². The van der Waals surface area contributed by atoms with Crippen LogP contribution in [-0.2, 0) is 11.2 Å². The van der Waals surface area contributed by atoms with Gasteiger partial charge in [0.15, 0.2) is 0 Å². The summed E-state index contributed by atoms with van der Waals surface area (Å²) < 4.78 is 18.6. The number of rotatable bonds is 7. The zero-order chi connectivity index (χ0) is 20.8. The van der Waals surface area contributed by atoms with Crippen molar-refractivity contribution in [2.24, 2.45) is 0 Å². The average molecular weight is 401 g/mol. The van der Waals surface area contributed by atoms with Gasteiger partial charge in [0.1, 0.15) is 5.82 Å². The first-order chi connectivity index (χ1) is 14.7. The van der Waals surface area contributed by atoms with Gasteiger partial charge < -0.3 is 9.84 Å². The topological polar surface area (TPSA) is 68.0 Å². The molecule has 0 bridgehead atoms. The molecule has 0 unspecified atom stereocenters. The molecule has 0 aliphatic heterocycles. The maximum atomic E-state index is 13.4. The number of hydrogen-bond acceptors (Lipinski definition) is 4. The van der Waals surface area contributed by atoms with Crippen LogP contribution in [0.1, 0.15) is 29.5 Å². The molecule has 1 N–H and O–H groups in total. The largest absolute Gasteiger partial charge is 0.345 e. The first-order valence-corrected chi connectivity index (χ1v) is 9.67. The van der Waals surface area contributed by atoms with Gasteiger partial charge in [-0.25, -0.2) is 4.39 Å². The molecule has 0 spiro atoms. The molecular formula is C24H20FN3O2. The Bertz CT molecular complexity index is 1070. The number of hydrogen-bond donors (Lipinski definition) is 1. The monoisotopic (exact) mass is 401 g/mol. The fourth-order valence-corrected chi connectivity index (χ4v) is 3.20. The lowest BCUT2D eigenvalue weighted by molar-refractivity contribution is -0.121. The molecule has 0 saturated heterocycles. The maximum absolute atomic E-state index is 13.4. The molecule has 0 atom stereocenters. The number of halogens is 1. The van der Waals surface area contributed by atoms with Crippen molar-refractivity contribution in [1.29, 1.82) is 0 Å². The van der Waals surface area contributed by atoms with Gasteiger partial charge in [-0.05, 0) is 23.3 Å².